The van der Waals surface area contributed by atoms with Crippen molar-refractivity contribution >= 4 is 13.7 Å². The molecule has 3 atom stereocenters. The van der Waals surface area contributed by atoms with E-state index < -0.39 is 20.0 Å². The van der Waals surface area contributed by atoms with E-state index in [9.17, 15) is 19.4 Å². The Morgan fingerprint density at radius 1 is 0.640 bits per heavy atom. The molecule has 298 valence electrons. The number of nitrogens with one attached hydrogen (secondary N) is 1. The lowest BCUT2D eigenvalue weighted by atomic mass is 10.0. The van der Waals surface area contributed by atoms with E-state index in [1.54, 1.807) is 0 Å². The van der Waals surface area contributed by atoms with E-state index in [1.807, 2.05) is 0 Å². The van der Waals surface area contributed by atoms with E-state index in [0.717, 1.165) is 51.4 Å². The Kier molecular flexibility index (Phi) is 37.4. The molecule has 0 aromatic rings. The molecule has 0 aromatic heterocycles. The molecular formula is C41H83N2O6P. The highest BCUT2D eigenvalue weighted by Gasteiger charge is 2.27. The van der Waals surface area contributed by atoms with Crippen molar-refractivity contribution in [3.8, 4) is 0 Å². The molecular weight excluding hydrogens is 647 g/mol. The maximum atomic E-state index is 12.7. The van der Waals surface area contributed by atoms with Gasteiger partial charge < -0.3 is 21.1 Å². The first kappa shape index (κ1) is 49.2. The van der Waals surface area contributed by atoms with Gasteiger partial charge in [0.25, 0.3) is 0 Å². The van der Waals surface area contributed by atoms with Crippen LogP contribution >= 0.6 is 7.82 Å². The van der Waals surface area contributed by atoms with Gasteiger partial charge in [-0.15, -0.1) is 0 Å². The summed E-state index contributed by atoms with van der Waals surface area (Å²) in [6.07, 6.45) is 40.7. The molecule has 0 saturated heterocycles. The summed E-state index contributed by atoms with van der Waals surface area (Å²) in [6, 6.07) is -0.774. The number of amides is 1. The van der Waals surface area contributed by atoms with E-state index in [0.29, 0.717) is 12.8 Å². The lowest BCUT2D eigenvalue weighted by Gasteiger charge is -2.25. The molecule has 0 aliphatic carbocycles. The number of hydrogen-bond acceptors (Lipinski definition) is 6. The number of phosphoric ester groups is 1. The molecule has 0 radical (unpaired) electrons. The van der Waals surface area contributed by atoms with Crippen LogP contribution in [0.4, 0.5) is 0 Å². The first-order valence-corrected chi connectivity index (χ1v) is 22.8. The monoisotopic (exact) mass is 731 g/mol. The maximum absolute atomic E-state index is 12.7. The minimum Gasteiger partial charge on any atom is -0.391 e. The molecule has 9 heteroatoms. The van der Waals surface area contributed by atoms with Gasteiger partial charge in [-0.3, -0.25) is 13.8 Å². The normalized spacial score (nSPS) is 14.3. The van der Waals surface area contributed by atoms with Crippen molar-refractivity contribution in [2.24, 2.45) is 5.73 Å². The molecule has 0 saturated carbocycles. The van der Waals surface area contributed by atoms with Crippen molar-refractivity contribution in [2.45, 2.75) is 225 Å². The van der Waals surface area contributed by atoms with Crippen LogP contribution in [0.2, 0.25) is 0 Å². The zero-order valence-electron chi connectivity index (χ0n) is 32.9. The SMILES string of the molecule is CCCCCCC/C=C\CCCCCCCC(=O)NC(COP(=O)(O)OCCN)C(O)CCCCCCCCCCCCCCCCCCC. The highest BCUT2D eigenvalue weighted by molar-refractivity contribution is 7.47. The van der Waals surface area contributed by atoms with Crippen LogP contribution in [0.1, 0.15) is 213 Å². The Morgan fingerprint density at radius 2 is 1.04 bits per heavy atom. The Balaban J connectivity index is 4.17. The fraction of sp³-hybridized carbons (Fsp3) is 0.927. The number of nitrogens with two attached hydrogens (primary N) is 1. The van der Waals surface area contributed by atoms with Gasteiger partial charge in [0.2, 0.25) is 5.91 Å². The fourth-order valence-electron chi connectivity index (χ4n) is 6.37. The van der Waals surface area contributed by atoms with Gasteiger partial charge in [0.05, 0.1) is 25.4 Å². The van der Waals surface area contributed by atoms with Crippen LogP contribution in [0.25, 0.3) is 0 Å². The van der Waals surface area contributed by atoms with E-state index in [4.69, 9.17) is 14.8 Å². The van der Waals surface area contributed by atoms with Crippen LogP contribution in [0.5, 0.6) is 0 Å². The molecule has 1 amide bonds. The van der Waals surface area contributed by atoms with Crippen LogP contribution in [-0.4, -0.2) is 47.8 Å². The number of carbonyl (C=O) groups excluding carboxylic acids is 1. The van der Waals surface area contributed by atoms with Crippen LogP contribution in [0, 0.1) is 0 Å². The molecule has 0 spiro atoms. The third-order valence-electron chi connectivity index (χ3n) is 9.62. The molecule has 0 aliphatic heterocycles. The molecule has 0 aromatic carbocycles. The van der Waals surface area contributed by atoms with E-state index in [-0.39, 0.29) is 25.7 Å². The smallest absolute Gasteiger partial charge is 0.391 e. The number of aliphatic hydroxyl groups is 1. The van der Waals surface area contributed by atoms with E-state index in [2.05, 4.69) is 31.3 Å². The third-order valence-corrected chi connectivity index (χ3v) is 10.6. The largest absolute Gasteiger partial charge is 0.472 e. The average molecular weight is 731 g/mol. The molecule has 3 unspecified atom stereocenters. The summed E-state index contributed by atoms with van der Waals surface area (Å²) < 4.78 is 22.2. The minimum atomic E-state index is -4.31. The van der Waals surface area contributed by atoms with Gasteiger partial charge in [-0.25, -0.2) is 4.57 Å². The number of allylic oxidation sites excluding steroid dienone is 2. The van der Waals surface area contributed by atoms with E-state index in [1.165, 1.54) is 135 Å². The van der Waals surface area contributed by atoms with Gasteiger partial charge in [-0.05, 0) is 38.5 Å². The van der Waals surface area contributed by atoms with Gasteiger partial charge in [0.1, 0.15) is 0 Å². The predicted octanol–water partition coefficient (Wildman–Crippen LogP) is 11.6. The number of carbonyl (C=O) groups is 1. The third kappa shape index (κ3) is 35.6. The number of aliphatic hydroxyl groups excluding tert-OH is 1. The summed E-state index contributed by atoms with van der Waals surface area (Å²) in [4.78, 5) is 22.7. The fourth-order valence-corrected chi connectivity index (χ4v) is 7.13. The van der Waals surface area contributed by atoms with Gasteiger partial charge in [-0.2, -0.15) is 0 Å². The maximum Gasteiger partial charge on any atom is 0.472 e. The van der Waals surface area contributed by atoms with Gasteiger partial charge in [-0.1, -0.05) is 180 Å². The standard InChI is InChI=1S/C41H83N2O6P/c1-3-5-7-9-11-13-15-17-19-20-21-22-24-26-28-30-32-34-40(44)39(38-49-50(46,47)48-37-36-42)43-41(45)35-33-31-29-27-25-23-18-16-14-12-10-8-6-4-2/h16,18,39-40,44H,3-15,17,19-38,42H2,1-2H3,(H,43,45)(H,46,47)/b18-16-. The van der Waals surface area contributed by atoms with Crippen LogP contribution < -0.4 is 11.1 Å². The number of phosphoric acid groups is 1. The van der Waals surface area contributed by atoms with Crippen molar-refractivity contribution in [1.82, 2.24) is 5.32 Å². The Hall–Kier alpha value is -0.760. The van der Waals surface area contributed by atoms with Crippen molar-refractivity contribution < 1.29 is 28.4 Å². The molecule has 0 fully saturated rings. The molecule has 0 aliphatic rings. The summed E-state index contributed by atoms with van der Waals surface area (Å²) in [7, 11) is -4.31. The summed E-state index contributed by atoms with van der Waals surface area (Å²) in [5, 5.41) is 13.8. The summed E-state index contributed by atoms with van der Waals surface area (Å²) in [5.41, 5.74) is 5.37. The molecule has 8 nitrogen and oxygen atoms in total. The second kappa shape index (κ2) is 38.0. The van der Waals surface area contributed by atoms with Gasteiger partial charge in [0.15, 0.2) is 0 Å². The van der Waals surface area contributed by atoms with Crippen LogP contribution in [0.15, 0.2) is 12.2 Å². The molecule has 0 heterocycles. The van der Waals surface area contributed by atoms with Gasteiger partial charge >= 0.3 is 7.82 Å². The highest BCUT2D eigenvalue weighted by atomic mass is 31.2. The van der Waals surface area contributed by atoms with Crippen LogP contribution in [-0.2, 0) is 18.4 Å². The summed E-state index contributed by atoms with van der Waals surface area (Å²) in [6.45, 7) is 4.20. The van der Waals surface area contributed by atoms with Gasteiger partial charge in [0, 0.05) is 13.0 Å². The Labute approximate surface area is 309 Å². The predicted molar refractivity (Wildman–Crippen MR) is 212 cm³/mol. The van der Waals surface area contributed by atoms with Crippen molar-refractivity contribution in [3.63, 3.8) is 0 Å². The molecule has 50 heavy (non-hydrogen) atoms. The quantitative estimate of drug-likeness (QED) is 0.0280. The Morgan fingerprint density at radius 3 is 1.48 bits per heavy atom. The van der Waals surface area contributed by atoms with Crippen molar-refractivity contribution in [2.75, 3.05) is 19.8 Å². The lowest BCUT2D eigenvalue weighted by Crippen LogP contribution is -2.46. The number of hydrogen-bond donors (Lipinski definition) is 4. The first-order chi connectivity index (χ1) is 24.4. The number of unbranched alkanes of at least 4 members (excludes halogenated alkanes) is 26. The molecule has 0 rings (SSSR count). The lowest BCUT2D eigenvalue weighted by molar-refractivity contribution is -0.123. The molecule has 5 N–H and O–H groups in total. The number of rotatable bonds is 40. The van der Waals surface area contributed by atoms with Crippen LogP contribution in [0.3, 0.4) is 0 Å². The Bertz CT molecular complexity index is 799. The topological polar surface area (TPSA) is 131 Å². The average Bonchev–Trinajstić information content (AvgIpc) is 3.10. The van der Waals surface area contributed by atoms with Crippen molar-refractivity contribution in [3.05, 3.63) is 12.2 Å². The second-order valence-corrected chi connectivity index (χ2v) is 16.0. The zero-order chi connectivity index (χ0) is 36.8. The molecule has 0 bridgehead atoms. The second-order valence-electron chi connectivity index (χ2n) is 14.6. The minimum absolute atomic E-state index is 0.0892. The van der Waals surface area contributed by atoms with E-state index >= 15 is 0 Å². The summed E-state index contributed by atoms with van der Waals surface area (Å²) >= 11 is 0. The van der Waals surface area contributed by atoms with Crippen molar-refractivity contribution in [1.29, 1.82) is 0 Å². The highest BCUT2D eigenvalue weighted by Crippen LogP contribution is 2.43. The zero-order valence-corrected chi connectivity index (χ0v) is 33.8. The summed E-state index contributed by atoms with van der Waals surface area (Å²) in [5.74, 6) is -0.169. The first-order valence-electron chi connectivity index (χ1n) is 21.3.